The predicted molar refractivity (Wildman–Crippen MR) is 83.2 cm³/mol. The van der Waals surface area contributed by atoms with Gasteiger partial charge in [0.25, 0.3) is 0 Å². The van der Waals surface area contributed by atoms with Crippen molar-refractivity contribution in [2.45, 2.75) is 63.9 Å². The lowest BCUT2D eigenvalue weighted by Gasteiger charge is -2.22. The van der Waals surface area contributed by atoms with Crippen molar-refractivity contribution in [3.8, 4) is 0 Å². The van der Waals surface area contributed by atoms with Crippen molar-refractivity contribution in [3.63, 3.8) is 0 Å². The number of ether oxygens (including phenoxy) is 4. The van der Waals surface area contributed by atoms with Crippen molar-refractivity contribution in [1.82, 2.24) is 0 Å². The van der Waals surface area contributed by atoms with E-state index in [0.717, 1.165) is 12.5 Å². The zero-order chi connectivity index (χ0) is 16.5. The van der Waals surface area contributed by atoms with Crippen LogP contribution in [-0.2, 0) is 23.7 Å². The Kier molecular flexibility index (Phi) is 4.89. The van der Waals surface area contributed by atoms with Gasteiger partial charge < -0.3 is 24.1 Å². The molecule has 0 aromatic rings. The Morgan fingerprint density at radius 3 is 2.59 bits per heavy atom. The Balaban J connectivity index is 1.95. The van der Waals surface area contributed by atoms with E-state index in [0.29, 0.717) is 13.2 Å². The molecule has 0 aromatic heterocycles. The van der Waals surface area contributed by atoms with Crippen molar-refractivity contribution >= 4 is 14.0 Å². The summed E-state index contributed by atoms with van der Waals surface area (Å²) in [7, 11) is -1.13. The Morgan fingerprint density at radius 1 is 1.36 bits per heavy atom. The first-order valence-corrected chi connectivity index (χ1v) is 11.4. The van der Waals surface area contributed by atoms with Crippen LogP contribution in [0.4, 0.5) is 0 Å². The van der Waals surface area contributed by atoms with E-state index in [4.69, 9.17) is 18.9 Å². The summed E-state index contributed by atoms with van der Waals surface area (Å²) in [6.45, 7) is 11.2. The van der Waals surface area contributed by atoms with Gasteiger partial charge in [-0.15, -0.1) is 0 Å². The highest BCUT2D eigenvalue weighted by Gasteiger charge is 2.47. The molecular weight excluding hydrogens is 304 g/mol. The first-order valence-electron chi connectivity index (χ1n) is 7.68. The van der Waals surface area contributed by atoms with Crippen LogP contribution in [-0.4, -0.2) is 50.4 Å². The topological polar surface area (TPSA) is 74.2 Å². The molecule has 6 nitrogen and oxygen atoms in total. The van der Waals surface area contributed by atoms with E-state index in [-0.39, 0.29) is 5.76 Å². The maximum atomic E-state index is 11.6. The Hall–Kier alpha value is -1.05. The van der Waals surface area contributed by atoms with Crippen LogP contribution >= 0.6 is 0 Å². The molecule has 7 heteroatoms. The fraction of sp³-hybridized carbons (Fsp3) is 0.800. The van der Waals surface area contributed by atoms with Gasteiger partial charge >= 0.3 is 5.97 Å². The van der Waals surface area contributed by atoms with Gasteiger partial charge in [0.1, 0.15) is 6.10 Å². The second kappa shape index (κ2) is 6.21. The first-order chi connectivity index (χ1) is 10.1. The molecule has 2 unspecified atom stereocenters. The van der Waals surface area contributed by atoms with Crippen LogP contribution in [0.3, 0.4) is 0 Å². The average Bonchev–Trinajstić information content (AvgIpc) is 2.87. The molecule has 1 fully saturated rings. The number of carbonyl (C=O) groups excluding carboxylic acids is 1. The molecule has 2 aliphatic rings. The third-order valence-electron chi connectivity index (χ3n) is 3.62. The minimum Gasteiger partial charge on any atom is -0.499 e. The van der Waals surface area contributed by atoms with Gasteiger partial charge in [0.2, 0.25) is 5.76 Å². The van der Waals surface area contributed by atoms with Gasteiger partial charge in [-0.1, -0.05) is 25.7 Å². The van der Waals surface area contributed by atoms with Crippen LogP contribution < -0.4 is 0 Å². The maximum absolute atomic E-state index is 11.6. The lowest BCUT2D eigenvalue weighted by Crippen LogP contribution is -2.33. The second-order valence-electron chi connectivity index (χ2n) is 7.42. The quantitative estimate of drug-likeness (QED) is 0.458. The molecule has 0 aliphatic carbocycles. The number of rotatable bonds is 6. The Bertz CT molecular complexity index is 465. The van der Waals surface area contributed by atoms with Gasteiger partial charge in [0, 0.05) is 8.07 Å². The maximum Gasteiger partial charge on any atom is 0.378 e. The van der Waals surface area contributed by atoms with Crippen molar-refractivity contribution in [1.29, 1.82) is 0 Å². The summed E-state index contributed by atoms with van der Waals surface area (Å²) in [5.41, 5.74) is 0. The number of aliphatic hydroxyl groups excluding tert-OH is 1. The molecule has 1 N–H and O–H groups in total. The van der Waals surface area contributed by atoms with E-state index in [2.05, 4.69) is 19.6 Å². The summed E-state index contributed by atoms with van der Waals surface area (Å²) in [5.74, 6) is -1.77. The SMILES string of the molecule is CC1(C)OCC(C2OC(=O)C(O)=C2OCCC[Si](C)(C)C)O1. The van der Waals surface area contributed by atoms with Crippen LogP contribution in [0.5, 0.6) is 0 Å². The molecule has 126 valence electrons. The molecular formula is C15H26O6Si. The van der Waals surface area contributed by atoms with Crippen LogP contribution in [0.2, 0.25) is 25.7 Å². The van der Waals surface area contributed by atoms with Gasteiger partial charge in [-0.3, -0.25) is 0 Å². The normalized spacial score (nSPS) is 28.1. The fourth-order valence-electron chi connectivity index (χ4n) is 2.50. The van der Waals surface area contributed by atoms with E-state index in [9.17, 15) is 9.90 Å². The standard InChI is InChI=1S/C15H26O6Si/c1-15(2)19-9-10(21-15)12-13(11(16)14(17)20-12)18-7-6-8-22(3,4)5/h10,12,16H,6-9H2,1-5H3. The largest absolute Gasteiger partial charge is 0.499 e. The molecule has 2 atom stereocenters. The average molecular weight is 330 g/mol. The summed E-state index contributed by atoms with van der Waals surface area (Å²) < 4.78 is 22.0. The molecule has 0 amide bonds. The van der Waals surface area contributed by atoms with Crippen LogP contribution in [0.25, 0.3) is 0 Å². The molecule has 2 aliphatic heterocycles. The summed E-state index contributed by atoms with van der Waals surface area (Å²) in [5, 5.41) is 9.87. The number of aliphatic hydroxyl groups is 1. The van der Waals surface area contributed by atoms with E-state index >= 15 is 0 Å². The highest BCUT2D eigenvalue weighted by atomic mass is 28.3. The van der Waals surface area contributed by atoms with Crippen LogP contribution in [0.15, 0.2) is 11.5 Å². The van der Waals surface area contributed by atoms with E-state index in [1.165, 1.54) is 0 Å². The molecule has 0 spiro atoms. The highest BCUT2D eigenvalue weighted by molar-refractivity contribution is 6.76. The molecule has 0 saturated carbocycles. The first kappa shape index (κ1) is 17.3. The molecule has 0 radical (unpaired) electrons. The number of cyclic esters (lactones) is 1. The van der Waals surface area contributed by atoms with Gasteiger partial charge in [-0.2, -0.15) is 0 Å². The highest BCUT2D eigenvalue weighted by Crippen LogP contribution is 2.33. The van der Waals surface area contributed by atoms with E-state index < -0.39 is 37.8 Å². The van der Waals surface area contributed by atoms with Gasteiger partial charge in [-0.05, 0) is 20.3 Å². The van der Waals surface area contributed by atoms with E-state index in [1.807, 2.05) is 0 Å². The third-order valence-corrected chi connectivity index (χ3v) is 5.47. The predicted octanol–water partition coefficient (Wildman–Crippen LogP) is 2.58. The number of carbonyl (C=O) groups is 1. The number of esters is 1. The smallest absolute Gasteiger partial charge is 0.378 e. The fourth-order valence-corrected chi connectivity index (χ4v) is 3.71. The molecule has 1 saturated heterocycles. The zero-order valence-corrected chi connectivity index (χ0v) is 15.0. The summed E-state index contributed by atoms with van der Waals surface area (Å²) in [6.07, 6.45) is -0.308. The minimum absolute atomic E-state index is 0.173. The number of hydrogen-bond donors (Lipinski definition) is 1. The van der Waals surface area contributed by atoms with Crippen LogP contribution in [0.1, 0.15) is 20.3 Å². The minimum atomic E-state index is -1.13. The van der Waals surface area contributed by atoms with Crippen LogP contribution in [0, 0.1) is 0 Å². The third kappa shape index (κ3) is 4.24. The number of hydrogen-bond acceptors (Lipinski definition) is 6. The molecule has 0 bridgehead atoms. The summed E-state index contributed by atoms with van der Waals surface area (Å²) >= 11 is 0. The Labute approximate surface area is 132 Å². The molecule has 22 heavy (non-hydrogen) atoms. The zero-order valence-electron chi connectivity index (χ0n) is 14.0. The van der Waals surface area contributed by atoms with Gasteiger partial charge in [0.05, 0.1) is 13.2 Å². The molecule has 0 aromatic carbocycles. The van der Waals surface area contributed by atoms with Crippen molar-refractivity contribution < 1.29 is 28.8 Å². The summed E-state index contributed by atoms with van der Waals surface area (Å²) in [6, 6.07) is 1.12. The van der Waals surface area contributed by atoms with Gasteiger partial charge in [0.15, 0.2) is 17.7 Å². The monoisotopic (exact) mass is 330 g/mol. The lowest BCUT2D eigenvalue weighted by molar-refractivity contribution is -0.163. The molecule has 2 rings (SSSR count). The molecule has 2 heterocycles. The lowest BCUT2D eigenvalue weighted by atomic mass is 10.2. The second-order valence-corrected chi connectivity index (χ2v) is 13.0. The summed E-state index contributed by atoms with van der Waals surface area (Å²) in [4.78, 5) is 11.6. The Morgan fingerprint density at radius 2 is 2.05 bits per heavy atom. The van der Waals surface area contributed by atoms with Crippen molar-refractivity contribution in [3.05, 3.63) is 11.5 Å². The van der Waals surface area contributed by atoms with Gasteiger partial charge in [-0.25, -0.2) is 4.79 Å². The van der Waals surface area contributed by atoms with E-state index in [1.54, 1.807) is 13.8 Å². The van der Waals surface area contributed by atoms with Crippen molar-refractivity contribution in [2.75, 3.05) is 13.2 Å². The van der Waals surface area contributed by atoms with Crippen molar-refractivity contribution in [2.24, 2.45) is 0 Å².